The van der Waals surface area contributed by atoms with Crippen LogP contribution in [-0.2, 0) is 11.0 Å². The van der Waals surface area contributed by atoms with Crippen molar-refractivity contribution in [2.45, 2.75) is 71.9 Å². The molecule has 1 aromatic rings. The van der Waals surface area contributed by atoms with Gasteiger partial charge in [0.15, 0.2) is 0 Å². The van der Waals surface area contributed by atoms with Gasteiger partial charge in [-0.2, -0.15) is 13.2 Å². The van der Waals surface area contributed by atoms with Gasteiger partial charge in [0.2, 0.25) is 0 Å². The van der Waals surface area contributed by atoms with E-state index in [1.807, 2.05) is 0 Å². The zero-order chi connectivity index (χ0) is 22.0. The molecule has 1 aromatic heterocycles. The molecule has 0 saturated heterocycles. The number of hydrogen-bond donors (Lipinski definition) is 1. The number of nitrogens with zero attached hydrogens (tertiary/aromatic N) is 2. The van der Waals surface area contributed by atoms with Gasteiger partial charge in [-0.15, -0.1) is 5.71 Å². The van der Waals surface area contributed by atoms with Crippen LogP contribution in [0.5, 0.6) is 0 Å². The van der Waals surface area contributed by atoms with E-state index in [1.165, 1.54) is 18.9 Å². The Morgan fingerprint density at radius 1 is 1.27 bits per heavy atom. The average molecular weight is 649 g/mol. The molecule has 0 spiro atoms. The van der Waals surface area contributed by atoms with Crippen LogP contribution in [0, 0.1) is 55.3 Å². The zero-order valence-electron chi connectivity index (χ0n) is 18.0. The molecule has 0 bridgehead atoms. The van der Waals surface area contributed by atoms with Crippen LogP contribution in [0.3, 0.4) is 0 Å². The van der Waals surface area contributed by atoms with E-state index >= 15 is 0 Å². The van der Waals surface area contributed by atoms with E-state index in [0.717, 1.165) is 43.9 Å². The molecule has 1 aliphatic rings. The summed E-state index contributed by atoms with van der Waals surface area (Å²) in [6, 6.07) is 2.11. The van der Waals surface area contributed by atoms with Gasteiger partial charge in [0.05, 0.1) is 0 Å². The number of alkyl halides is 3. The van der Waals surface area contributed by atoms with Gasteiger partial charge in [0, 0.05) is 55.2 Å². The maximum absolute atomic E-state index is 12.4. The predicted octanol–water partition coefficient (Wildman–Crippen LogP) is 6.29. The van der Waals surface area contributed by atoms with Crippen molar-refractivity contribution in [3.8, 4) is 0 Å². The van der Waals surface area contributed by atoms with Crippen LogP contribution in [0.15, 0.2) is 23.3 Å². The molecule has 0 unspecified atom stereocenters. The van der Waals surface area contributed by atoms with Crippen LogP contribution in [0.2, 0.25) is 0 Å². The fourth-order valence-electron chi connectivity index (χ4n) is 3.07. The van der Waals surface area contributed by atoms with Crippen LogP contribution >= 0.6 is 0 Å². The summed E-state index contributed by atoms with van der Waals surface area (Å²) in [5.41, 5.74) is -0.514. The van der Waals surface area contributed by atoms with Crippen molar-refractivity contribution < 1.29 is 49.1 Å². The van der Waals surface area contributed by atoms with E-state index in [0.29, 0.717) is 23.8 Å². The predicted molar refractivity (Wildman–Crippen MR) is 110 cm³/mol. The quantitative estimate of drug-likeness (QED) is 0.232. The monoisotopic (exact) mass is 648 g/mol. The third kappa shape index (κ3) is 10.3. The second-order valence-corrected chi connectivity index (χ2v) is 7.48. The van der Waals surface area contributed by atoms with Crippen molar-refractivity contribution >= 4 is 17.3 Å². The Morgan fingerprint density at radius 2 is 1.87 bits per heavy atom. The minimum absolute atomic E-state index is 0. The molecule has 1 fully saturated rings. The molecule has 166 valence electrons. The third-order valence-electron chi connectivity index (χ3n) is 4.97. The Kier molecular flexibility index (Phi) is 13.5. The van der Waals surface area contributed by atoms with E-state index in [-0.39, 0.29) is 42.5 Å². The molecule has 1 N–H and O–H groups in total. The number of amidine groups is 1. The Balaban J connectivity index is 0.000000573. The molecule has 8 heteroatoms. The standard InChI is InChI=1S/C11H11F3N3.C11H20O.U/c1-3-7(2)17-10(15)8-4-5-16-9(6-8)11(12,13)14;1-3-4-11(12)10-7-5-9(2)6-8-10;/h4-6,15H,2-3H2,1H3;9-10H,3-8H2,1-2H3;/q-1;;. The van der Waals surface area contributed by atoms with E-state index in [2.05, 4.69) is 30.7 Å². The first-order valence-corrected chi connectivity index (χ1v) is 10.1. The summed E-state index contributed by atoms with van der Waals surface area (Å²) in [5, 5.41) is 7.54. The number of Topliss-reactive ketones (excluding diaryl/α,β-unsaturated/α-hetero) is 1. The van der Waals surface area contributed by atoms with Crippen molar-refractivity contribution in [1.29, 1.82) is 5.41 Å². The molecule has 0 amide bonds. The molecule has 1 saturated carbocycles. The van der Waals surface area contributed by atoms with Crippen molar-refractivity contribution in [1.82, 2.24) is 4.98 Å². The second-order valence-electron chi connectivity index (χ2n) is 7.48. The van der Waals surface area contributed by atoms with Gasteiger partial charge >= 0.3 is 6.18 Å². The third-order valence-corrected chi connectivity index (χ3v) is 4.97. The summed E-state index contributed by atoms with van der Waals surface area (Å²) >= 11 is 0. The summed E-state index contributed by atoms with van der Waals surface area (Å²) in [6.07, 6.45) is 3.69. The molecule has 0 aliphatic heterocycles. The normalized spacial score (nSPS) is 19.2. The smallest absolute Gasteiger partial charge is 0.361 e. The largest absolute Gasteiger partial charge is 0.433 e. The number of ketones is 1. The van der Waals surface area contributed by atoms with Gasteiger partial charge < -0.3 is 6.92 Å². The first-order valence-electron chi connectivity index (χ1n) is 10.1. The number of aromatic nitrogens is 1. The van der Waals surface area contributed by atoms with Crippen LogP contribution in [-0.4, -0.2) is 22.3 Å². The van der Waals surface area contributed by atoms with Crippen LogP contribution in [0.4, 0.5) is 13.2 Å². The molecule has 4 nitrogen and oxygen atoms in total. The summed E-state index contributed by atoms with van der Waals surface area (Å²) in [4.78, 5) is 18.5. The Hall–Kier alpha value is -1.13. The number of aliphatic imine (C=N–C) groups is 1. The number of halogens is 3. The Morgan fingerprint density at radius 3 is 2.37 bits per heavy atom. The average Bonchev–Trinajstić information content (AvgIpc) is 2.68. The fourth-order valence-corrected chi connectivity index (χ4v) is 3.07. The molecule has 0 radical (unpaired) electrons. The summed E-state index contributed by atoms with van der Waals surface area (Å²) in [5.74, 6) is 1.55. The first kappa shape index (κ1) is 28.9. The molecule has 0 aromatic carbocycles. The topological polar surface area (TPSA) is 66.2 Å². The van der Waals surface area contributed by atoms with E-state index in [9.17, 15) is 18.0 Å². The Labute approximate surface area is 201 Å². The molecule has 0 atom stereocenters. The number of rotatable bonds is 5. The van der Waals surface area contributed by atoms with Gasteiger partial charge in [-0.1, -0.05) is 33.6 Å². The van der Waals surface area contributed by atoms with Gasteiger partial charge in [0.25, 0.3) is 0 Å². The van der Waals surface area contributed by atoms with Crippen LogP contribution in [0.25, 0.3) is 0 Å². The van der Waals surface area contributed by atoms with E-state index in [4.69, 9.17) is 5.41 Å². The minimum atomic E-state index is -4.52. The number of pyridine rings is 1. The molecular weight excluding hydrogens is 617 g/mol. The van der Waals surface area contributed by atoms with Crippen molar-refractivity contribution in [3.05, 3.63) is 36.5 Å². The van der Waals surface area contributed by atoms with Crippen molar-refractivity contribution in [2.24, 2.45) is 16.8 Å². The van der Waals surface area contributed by atoms with Gasteiger partial charge in [-0.3, -0.25) is 20.2 Å². The maximum atomic E-state index is 12.4. The minimum Gasteiger partial charge on any atom is -0.361 e. The number of carbonyl (C=O) groups excluding carboxylic acids is 1. The maximum Gasteiger partial charge on any atom is 0.433 e. The molecule has 1 aliphatic carbocycles. The number of hydrogen-bond acceptors (Lipinski definition) is 3. The van der Waals surface area contributed by atoms with E-state index < -0.39 is 11.9 Å². The van der Waals surface area contributed by atoms with Gasteiger partial charge in [-0.25, -0.2) is 0 Å². The Bertz CT molecular complexity index is 712. The zero-order valence-corrected chi connectivity index (χ0v) is 22.1. The van der Waals surface area contributed by atoms with Gasteiger partial charge in [0.1, 0.15) is 17.3 Å². The van der Waals surface area contributed by atoms with E-state index in [1.54, 1.807) is 6.92 Å². The number of nitrogens with one attached hydrogen (secondary N) is 1. The van der Waals surface area contributed by atoms with Gasteiger partial charge in [-0.05, 0) is 43.7 Å². The van der Waals surface area contributed by atoms with Crippen molar-refractivity contribution in [2.75, 3.05) is 0 Å². The summed E-state index contributed by atoms with van der Waals surface area (Å²) in [7, 11) is 0. The second kappa shape index (κ2) is 14.0. The summed E-state index contributed by atoms with van der Waals surface area (Å²) in [6.45, 7) is 9.74. The molecular formula is C22H31F3N3OU-. The molecule has 1 heterocycles. The molecule has 2 rings (SSSR count). The molecule has 30 heavy (non-hydrogen) atoms. The SMILES string of the molecule is CCCC(=O)C1CCC(C)CC1.[CH2-]C(CC)=NC(=N)c1ccnc(C(F)(F)F)c1.[U]. The van der Waals surface area contributed by atoms with Crippen LogP contribution < -0.4 is 0 Å². The van der Waals surface area contributed by atoms with Crippen LogP contribution in [0.1, 0.15) is 77.0 Å². The first-order chi connectivity index (χ1) is 13.6. The fraction of sp³-hybridized carbons (Fsp3) is 0.591. The summed E-state index contributed by atoms with van der Waals surface area (Å²) < 4.78 is 37.1. The number of carbonyl (C=O) groups is 1. The van der Waals surface area contributed by atoms with Crippen molar-refractivity contribution in [3.63, 3.8) is 0 Å².